The number of carbonyl (C=O) groups is 1. The molecule has 0 bridgehead atoms. The number of rotatable bonds is 4. The van der Waals surface area contributed by atoms with Crippen LogP contribution in [0.2, 0.25) is 0 Å². The number of fused-ring (bicyclic) bond motifs is 1. The predicted molar refractivity (Wildman–Crippen MR) is 87.1 cm³/mol. The fraction of sp³-hybridized carbons (Fsp3) is 0.688. The number of nitrogens with one attached hydrogen (secondary N) is 1. The summed E-state index contributed by atoms with van der Waals surface area (Å²) in [6.07, 6.45) is 6.15. The topological polar surface area (TPSA) is 72.3 Å². The van der Waals surface area contributed by atoms with Gasteiger partial charge in [0.15, 0.2) is 0 Å². The summed E-state index contributed by atoms with van der Waals surface area (Å²) in [5.41, 5.74) is 1.67. The summed E-state index contributed by atoms with van der Waals surface area (Å²) >= 11 is 0. The van der Waals surface area contributed by atoms with Crippen LogP contribution in [0, 0.1) is 0 Å². The molecule has 0 radical (unpaired) electrons. The Morgan fingerprint density at radius 2 is 2.30 bits per heavy atom. The highest BCUT2D eigenvalue weighted by Gasteiger charge is 2.31. The molecule has 1 aromatic rings. The van der Waals surface area contributed by atoms with Gasteiger partial charge in [0.05, 0.1) is 17.7 Å². The number of hydrogen-bond donors (Lipinski definition) is 1. The number of amides is 1. The molecule has 3 rings (SSSR count). The second kappa shape index (κ2) is 6.70. The van der Waals surface area contributed by atoms with E-state index >= 15 is 0 Å². The molecule has 126 valence electrons. The van der Waals surface area contributed by atoms with Crippen LogP contribution in [0.5, 0.6) is 0 Å². The normalized spacial score (nSPS) is 24.6. The van der Waals surface area contributed by atoms with Crippen molar-refractivity contribution in [3.63, 3.8) is 0 Å². The largest absolute Gasteiger partial charge is 0.378 e. The fourth-order valence-corrected chi connectivity index (χ4v) is 3.34. The average Bonchev–Trinajstić information content (AvgIpc) is 3.04. The molecule has 0 spiro atoms. The lowest BCUT2D eigenvalue weighted by atomic mass is 10.0. The van der Waals surface area contributed by atoms with Crippen molar-refractivity contribution in [3.05, 3.63) is 17.6 Å². The minimum Gasteiger partial charge on any atom is -0.378 e. The van der Waals surface area contributed by atoms with Crippen molar-refractivity contribution < 1.29 is 9.53 Å². The van der Waals surface area contributed by atoms with Crippen LogP contribution in [0.3, 0.4) is 0 Å². The minimum absolute atomic E-state index is 0.0289. The maximum Gasteiger partial charge on any atom is 0.251 e. The van der Waals surface area contributed by atoms with Gasteiger partial charge in [0.1, 0.15) is 6.33 Å². The van der Waals surface area contributed by atoms with Gasteiger partial charge in [-0.2, -0.15) is 10.1 Å². The molecule has 1 N–H and O–H groups in total. The predicted octanol–water partition coefficient (Wildman–Crippen LogP) is 1.64. The van der Waals surface area contributed by atoms with Crippen LogP contribution in [0.1, 0.15) is 45.6 Å². The minimum atomic E-state index is -0.116. The molecule has 0 saturated carbocycles. The third kappa shape index (κ3) is 3.10. The van der Waals surface area contributed by atoms with Gasteiger partial charge in [0.2, 0.25) is 5.95 Å². The van der Waals surface area contributed by atoms with E-state index in [1.807, 2.05) is 25.8 Å². The first-order chi connectivity index (χ1) is 11.1. The number of anilines is 1. The molecule has 0 aromatic carbocycles. The first kappa shape index (κ1) is 16.0. The molecule has 1 fully saturated rings. The molecule has 23 heavy (non-hydrogen) atoms. The molecule has 7 nitrogen and oxygen atoms in total. The van der Waals surface area contributed by atoms with E-state index in [2.05, 4.69) is 15.4 Å². The van der Waals surface area contributed by atoms with Gasteiger partial charge >= 0.3 is 0 Å². The Morgan fingerprint density at radius 3 is 3.04 bits per heavy atom. The quantitative estimate of drug-likeness (QED) is 0.913. The fourth-order valence-electron chi connectivity index (χ4n) is 3.34. The smallest absolute Gasteiger partial charge is 0.251 e. The molecular formula is C16H25N5O2. The number of allylic oxidation sites excluding steroid dienone is 1. The Kier molecular flexibility index (Phi) is 4.66. The first-order valence-electron chi connectivity index (χ1n) is 8.33. The summed E-state index contributed by atoms with van der Waals surface area (Å²) in [6.45, 7) is 5.42. The van der Waals surface area contributed by atoms with Crippen LogP contribution in [-0.2, 0) is 9.53 Å². The van der Waals surface area contributed by atoms with E-state index in [9.17, 15) is 4.79 Å². The zero-order valence-corrected chi connectivity index (χ0v) is 14.1. The lowest BCUT2D eigenvalue weighted by Crippen LogP contribution is -2.38. The third-order valence-electron chi connectivity index (χ3n) is 4.80. The van der Waals surface area contributed by atoms with Crippen molar-refractivity contribution in [2.75, 3.05) is 25.1 Å². The summed E-state index contributed by atoms with van der Waals surface area (Å²) in [5.74, 6) is 0.737. The zero-order chi connectivity index (χ0) is 16.4. The SMILES string of the molecule is CC1=C(C(=O)NCCC2CCCCO2)C(C)n2ncnc2N1C. The molecule has 2 atom stereocenters. The molecule has 0 aliphatic carbocycles. The van der Waals surface area contributed by atoms with Crippen LogP contribution >= 0.6 is 0 Å². The van der Waals surface area contributed by atoms with Crippen LogP contribution in [0.25, 0.3) is 0 Å². The maximum atomic E-state index is 12.6. The Balaban J connectivity index is 1.63. The van der Waals surface area contributed by atoms with E-state index in [1.165, 1.54) is 12.7 Å². The lowest BCUT2D eigenvalue weighted by Gasteiger charge is -2.31. The highest BCUT2D eigenvalue weighted by molar-refractivity contribution is 5.96. The summed E-state index contributed by atoms with van der Waals surface area (Å²) in [6, 6.07) is -0.116. The van der Waals surface area contributed by atoms with Crippen LogP contribution in [-0.4, -0.2) is 47.0 Å². The number of ether oxygens (including phenoxy) is 1. The molecule has 1 aromatic heterocycles. The maximum absolute atomic E-state index is 12.6. The van der Waals surface area contributed by atoms with Gasteiger partial charge in [0, 0.05) is 25.9 Å². The van der Waals surface area contributed by atoms with Crippen molar-refractivity contribution in [3.8, 4) is 0 Å². The second-order valence-electron chi connectivity index (χ2n) is 6.27. The Bertz CT molecular complexity index is 603. The molecule has 3 heterocycles. The monoisotopic (exact) mass is 319 g/mol. The van der Waals surface area contributed by atoms with Gasteiger partial charge in [-0.3, -0.25) is 4.79 Å². The molecule has 1 saturated heterocycles. The summed E-state index contributed by atoms with van der Waals surface area (Å²) < 4.78 is 7.49. The van der Waals surface area contributed by atoms with Crippen molar-refractivity contribution >= 4 is 11.9 Å². The number of hydrogen-bond acceptors (Lipinski definition) is 5. The Hall–Kier alpha value is -1.89. The van der Waals surface area contributed by atoms with Crippen molar-refractivity contribution in [1.82, 2.24) is 20.1 Å². The Morgan fingerprint density at radius 1 is 1.48 bits per heavy atom. The van der Waals surface area contributed by atoms with Crippen LogP contribution < -0.4 is 10.2 Å². The van der Waals surface area contributed by atoms with Gasteiger partial charge in [-0.15, -0.1) is 0 Å². The Labute approximate surface area is 136 Å². The van der Waals surface area contributed by atoms with E-state index in [1.54, 1.807) is 4.68 Å². The van der Waals surface area contributed by atoms with E-state index in [0.29, 0.717) is 6.54 Å². The van der Waals surface area contributed by atoms with Gasteiger partial charge in [0.25, 0.3) is 5.91 Å². The van der Waals surface area contributed by atoms with Crippen molar-refractivity contribution in [1.29, 1.82) is 0 Å². The van der Waals surface area contributed by atoms with E-state index in [-0.39, 0.29) is 18.1 Å². The third-order valence-corrected chi connectivity index (χ3v) is 4.80. The van der Waals surface area contributed by atoms with E-state index in [0.717, 1.165) is 43.1 Å². The molecule has 7 heteroatoms. The summed E-state index contributed by atoms with van der Waals surface area (Å²) in [5, 5.41) is 7.28. The van der Waals surface area contributed by atoms with E-state index in [4.69, 9.17) is 4.74 Å². The number of carbonyl (C=O) groups excluding carboxylic acids is 1. The summed E-state index contributed by atoms with van der Waals surface area (Å²) in [7, 11) is 1.91. The number of nitrogens with zero attached hydrogens (tertiary/aromatic N) is 4. The van der Waals surface area contributed by atoms with E-state index < -0.39 is 0 Å². The number of aromatic nitrogens is 3. The van der Waals surface area contributed by atoms with Gasteiger partial charge in [-0.05, 0) is 39.5 Å². The molecular weight excluding hydrogens is 294 g/mol. The van der Waals surface area contributed by atoms with Crippen molar-refractivity contribution in [2.24, 2.45) is 0 Å². The van der Waals surface area contributed by atoms with Crippen LogP contribution in [0.15, 0.2) is 17.6 Å². The van der Waals surface area contributed by atoms with Gasteiger partial charge in [-0.25, -0.2) is 4.68 Å². The first-order valence-corrected chi connectivity index (χ1v) is 8.33. The molecule has 2 aliphatic rings. The highest BCUT2D eigenvalue weighted by atomic mass is 16.5. The molecule has 2 unspecified atom stereocenters. The standard InChI is InChI=1S/C16H25N5O2/c1-11-14(12(2)21-16(20(11)3)18-10-19-21)15(22)17-8-7-13-6-4-5-9-23-13/h10,12-13H,4-9H2,1-3H3,(H,17,22). The van der Waals surface area contributed by atoms with Crippen LogP contribution in [0.4, 0.5) is 5.95 Å². The zero-order valence-electron chi connectivity index (χ0n) is 14.1. The van der Waals surface area contributed by atoms with Gasteiger partial charge < -0.3 is 15.0 Å². The molecule has 2 aliphatic heterocycles. The second-order valence-corrected chi connectivity index (χ2v) is 6.27. The lowest BCUT2D eigenvalue weighted by molar-refractivity contribution is -0.118. The average molecular weight is 319 g/mol. The highest BCUT2D eigenvalue weighted by Crippen LogP contribution is 2.32. The van der Waals surface area contributed by atoms with Gasteiger partial charge in [-0.1, -0.05) is 0 Å². The van der Waals surface area contributed by atoms with Crippen molar-refractivity contribution in [2.45, 2.75) is 51.7 Å². The molecule has 1 amide bonds. The summed E-state index contributed by atoms with van der Waals surface area (Å²) in [4.78, 5) is 18.8.